The van der Waals surface area contributed by atoms with Crippen LogP contribution < -0.4 is 9.47 Å². The second-order valence-corrected chi connectivity index (χ2v) is 7.81. The number of carbonyl (C=O) groups is 1. The summed E-state index contributed by atoms with van der Waals surface area (Å²) in [4.78, 5) is 12.5. The number of hydrogen-bond donors (Lipinski definition) is 0. The first kappa shape index (κ1) is 21.7. The number of esters is 1. The van der Waals surface area contributed by atoms with Gasteiger partial charge in [-0.2, -0.15) is 4.31 Å². The van der Waals surface area contributed by atoms with Crippen molar-refractivity contribution in [1.82, 2.24) is 4.31 Å². The molecular weight excluding hydrogens is 382 g/mol. The molecule has 0 bridgehead atoms. The molecule has 0 atom stereocenters. The Balaban J connectivity index is 2.20. The molecule has 0 aliphatic carbocycles. The van der Waals surface area contributed by atoms with E-state index < -0.39 is 16.0 Å². The quantitative estimate of drug-likeness (QED) is 0.594. The van der Waals surface area contributed by atoms with Crippen molar-refractivity contribution in [3.05, 3.63) is 53.6 Å². The highest BCUT2D eigenvalue weighted by molar-refractivity contribution is 7.89. The Labute approximate surface area is 165 Å². The Bertz CT molecular complexity index is 922. The third-order valence-corrected chi connectivity index (χ3v) is 6.31. The average Bonchev–Trinajstić information content (AvgIpc) is 2.72. The lowest BCUT2D eigenvalue weighted by Crippen LogP contribution is -2.30. The maximum atomic E-state index is 12.6. The second kappa shape index (κ2) is 9.57. The molecule has 0 aliphatic heterocycles. The van der Waals surface area contributed by atoms with E-state index in [1.165, 1.54) is 35.7 Å². The van der Waals surface area contributed by atoms with Crippen molar-refractivity contribution in [2.24, 2.45) is 0 Å². The number of hydrogen-bond acceptors (Lipinski definition) is 6. The molecule has 0 fully saturated rings. The maximum Gasteiger partial charge on any atom is 0.338 e. The van der Waals surface area contributed by atoms with Crippen LogP contribution in [0.3, 0.4) is 0 Å². The highest BCUT2D eigenvalue weighted by atomic mass is 32.2. The molecule has 0 spiro atoms. The normalized spacial score (nSPS) is 11.3. The molecule has 152 valence electrons. The first-order valence-corrected chi connectivity index (χ1v) is 10.3. The van der Waals surface area contributed by atoms with Crippen LogP contribution in [-0.2, 0) is 21.4 Å². The number of carbonyl (C=O) groups excluding carboxylic acids is 1. The van der Waals surface area contributed by atoms with Gasteiger partial charge in [0.15, 0.2) is 0 Å². The SMILES string of the molecule is CCN(CC)S(=O)(=O)c1cccc(C(=O)OCc2cc(OC)ccc2OC)c1. The third kappa shape index (κ3) is 4.82. The predicted molar refractivity (Wildman–Crippen MR) is 105 cm³/mol. The van der Waals surface area contributed by atoms with E-state index in [-0.39, 0.29) is 17.1 Å². The van der Waals surface area contributed by atoms with Gasteiger partial charge in [-0.1, -0.05) is 19.9 Å². The fourth-order valence-corrected chi connectivity index (χ4v) is 4.22. The number of nitrogens with zero attached hydrogens (tertiary/aromatic N) is 1. The standard InChI is InChI=1S/C20H25NO6S/c1-5-21(6-2)28(23,24)18-9-7-8-15(13-18)20(22)27-14-16-12-17(25-3)10-11-19(16)26-4/h7-13H,5-6,14H2,1-4H3. The fourth-order valence-electron chi connectivity index (χ4n) is 2.72. The Hall–Kier alpha value is -2.58. The van der Waals surface area contributed by atoms with Crippen molar-refractivity contribution < 1.29 is 27.4 Å². The van der Waals surface area contributed by atoms with Crippen LogP contribution in [0.1, 0.15) is 29.8 Å². The van der Waals surface area contributed by atoms with E-state index in [9.17, 15) is 13.2 Å². The van der Waals surface area contributed by atoms with Crippen LogP contribution in [0.2, 0.25) is 0 Å². The first-order valence-electron chi connectivity index (χ1n) is 8.85. The maximum absolute atomic E-state index is 12.6. The lowest BCUT2D eigenvalue weighted by molar-refractivity contribution is 0.0469. The van der Waals surface area contributed by atoms with Crippen LogP contribution in [0.5, 0.6) is 11.5 Å². The number of benzene rings is 2. The molecule has 0 aliphatic rings. The van der Waals surface area contributed by atoms with E-state index in [4.69, 9.17) is 14.2 Å². The molecule has 0 aromatic heterocycles. The van der Waals surface area contributed by atoms with Gasteiger partial charge in [0.2, 0.25) is 10.0 Å². The predicted octanol–water partition coefficient (Wildman–Crippen LogP) is 3.09. The van der Waals surface area contributed by atoms with Gasteiger partial charge in [-0.05, 0) is 36.4 Å². The zero-order valence-corrected chi connectivity index (χ0v) is 17.3. The van der Waals surface area contributed by atoms with Gasteiger partial charge in [-0.15, -0.1) is 0 Å². The van der Waals surface area contributed by atoms with Crippen LogP contribution >= 0.6 is 0 Å². The molecule has 2 aromatic carbocycles. The summed E-state index contributed by atoms with van der Waals surface area (Å²) in [5, 5.41) is 0. The van der Waals surface area contributed by atoms with Gasteiger partial charge < -0.3 is 14.2 Å². The summed E-state index contributed by atoms with van der Waals surface area (Å²) in [7, 11) is -0.591. The molecule has 0 radical (unpaired) electrons. The van der Waals surface area contributed by atoms with Crippen molar-refractivity contribution in [2.75, 3.05) is 27.3 Å². The minimum atomic E-state index is -3.65. The molecule has 2 aromatic rings. The molecule has 0 N–H and O–H groups in total. The molecule has 0 saturated heterocycles. The summed E-state index contributed by atoms with van der Waals surface area (Å²) in [5.74, 6) is 0.548. The largest absolute Gasteiger partial charge is 0.497 e. The summed E-state index contributed by atoms with van der Waals surface area (Å²) >= 11 is 0. The lowest BCUT2D eigenvalue weighted by Gasteiger charge is -2.18. The molecule has 0 unspecified atom stereocenters. The van der Waals surface area contributed by atoms with Crippen LogP contribution in [0.25, 0.3) is 0 Å². The summed E-state index contributed by atoms with van der Waals surface area (Å²) in [6, 6.07) is 11.0. The van der Waals surface area contributed by atoms with Gasteiger partial charge in [0.05, 0.1) is 24.7 Å². The van der Waals surface area contributed by atoms with Crippen molar-refractivity contribution in [3.63, 3.8) is 0 Å². The Morgan fingerprint density at radius 2 is 1.71 bits per heavy atom. The van der Waals surface area contributed by atoms with Gasteiger partial charge in [0.1, 0.15) is 18.1 Å². The highest BCUT2D eigenvalue weighted by Crippen LogP contribution is 2.25. The van der Waals surface area contributed by atoms with Gasteiger partial charge in [-0.25, -0.2) is 13.2 Å². The molecule has 0 heterocycles. The Morgan fingerprint density at radius 1 is 1.00 bits per heavy atom. The monoisotopic (exact) mass is 407 g/mol. The fraction of sp³-hybridized carbons (Fsp3) is 0.350. The van der Waals surface area contributed by atoms with Crippen molar-refractivity contribution in [1.29, 1.82) is 0 Å². The number of sulfonamides is 1. The minimum absolute atomic E-state index is 0.0355. The Morgan fingerprint density at radius 3 is 2.32 bits per heavy atom. The number of ether oxygens (including phenoxy) is 3. The molecule has 7 nitrogen and oxygen atoms in total. The van der Waals surface area contributed by atoms with Crippen molar-refractivity contribution >= 4 is 16.0 Å². The van der Waals surface area contributed by atoms with E-state index in [1.807, 2.05) is 0 Å². The topological polar surface area (TPSA) is 82.1 Å². The average molecular weight is 407 g/mol. The van der Waals surface area contributed by atoms with Crippen LogP contribution in [0, 0.1) is 0 Å². The summed E-state index contributed by atoms with van der Waals surface area (Å²) < 4.78 is 42.4. The molecule has 0 amide bonds. The van der Waals surface area contributed by atoms with Crippen LogP contribution in [0.4, 0.5) is 0 Å². The van der Waals surface area contributed by atoms with Crippen LogP contribution in [-0.4, -0.2) is 46.0 Å². The zero-order valence-electron chi connectivity index (χ0n) is 16.5. The molecular formula is C20H25NO6S. The number of rotatable bonds is 9. The Kier molecular flexibility index (Phi) is 7.42. The summed E-state index contributed by atoms with van der Waals surface area (Å²) in [6.07, 6.45) is 0. The highest BCUT2D eigenvalue weighted by Gasteiger charge is 2.23. The van der Waals surface area contributed by atoms with Gasteiger partial charge in [0.25, 0.3) is 0 Å². The van der Waals surface area contributed by atoms with E-state index in [2.05, 4.69) is 0 Å². The first-order chi connectivity index (χ1) is 13.4. The van der Waals surface area contributed by atoms with Gasteiger partial charge in [0, 0.05) is 18.7 Å². The van der Waals surface area contributed by atoms with E-state index >= 15 is 0 Å². The molecule has 2 rings (SSSR count). The van der Waals surface area contributed by atoms with Gasteiger partial charge in [-0.3, -0.25) is 0 Å². The zero-order chi connectivity index (χ0) is 20.7. The van der Waals surface area contributed by atoms with Crippen LogP contribution in [0.15, 0.2) is 47.4 Å². The van der Waals surface area contributed by atoms with E-state index in [0.717, 1.165) is 0 Å². The summed E-state index contributed by atoms with van der Waals surface area (Å²) in [6.45, 7) is 4.19. The molecule has 0 saturated carbocycles. The molecule has 8 heteroatoms. The minimum Gasteiger partial charge on any atom is -0.497 e. The second-order valence-electron chi connectivity index (χ2n) is 5.87. The van der Waals surface area contributed by atoms with Gasteiger partial charge >= 0.3 is 5.97 Å². The lowest BCUT2D eigenvalue weighted by atomic mass is 10.2. The number of methoxy groups -OCH3 is 2. The van der Waals surface area contributed by atoms with E-state index in [1.54, 1.807) is 39.2 Å². The molecule has 28 heavy (non-hydrogen) atoms. The summed E-state index contributed by atoms with van der Waals surface area (Å²) in [5.41, 5.74) is 0.803. The van der Waals surface area contributed by atoms with Crippen molar-refractivity contribution in [3.8, 4) is 11.5 Å². The third-order valence-electron chi connectivity index (χ3n) is 4.26. The smallest absolute Gasteiger partial charge is 0.338 e. The van der Waals surface area contributed by atoms with Crippen molar-refractivity contribution in [2.45, 2.75) is 25.3 Å². The van der Waals surface area contributed by atoms with E-state index in [0.29, 0.717) is 30.2 Å².